The zero-order valence-corrected chi connectivity index (χ0v) is 19.6. The van der Waals surface area contributed by atoms with Crippen molar-refractivity contribution in [1.29, 1.82) is 0 Å². The highest BCUT2D eigenvalue weighted by atomic mass is 35.5. The quantitative estimate of drug-likeness (QED) is 0.568. The lowest BCUT2D eigenvalue weighted by atomic mass is 9.95. The number of rotatable bonds is 5. The van der Waals surface area contributed by atoms with Crippen LogP contribution in [0.15, 0.2) is 18.2 Å². The third kappa shape index (κ3) is 8.00. The summed E-state index contributed by atoms with van der Waals surface area (Å²) in [6.45, 7) is 4.79. The van der Waals surface area contributed by atoms with Crippen molar-refractivity contribution in [1.82, 2.24) is 14.3 Å². The molecule has 13 heteroatoms. The van der Waals surface area contributed by atoms with Crippen molar-refractivity contribution in [3.05, 3.63) is 33.8 Å². The second-order valence-corrected chi connectivity index (χ2v) is 10.2. The van der Waals surface area contributed by atoms with Gasteiger partial charge in [0.15, 0.2) is 0 Å². The highest BCUT2D eigenvalue weighted by Crippen LogP contribution is 2.33. The summed E-state index contributed by atoms with van der Waals surface area (Å²) in [6, 6.07) is 4.84. The second kappa shape index (κ2) is 10.2. The van der Waals surface area contributed by atoms with Crippen molar-refractivity contribution in [2.75, 3.05) is 26.2 Å². The SMILES string of the molecule is CC(C)(C)OC(=O)NS(=O)(=O)NC[C@@H]1CN(C(=O)O)CCO[C@H]1c1ccc(Cl)c(Cl)c1. The first-order valence-corrected chi connectivity index (χ1v) is 11.6. The maximum absolute atomic E-state index is 12.3. The molecule has 1 saturated heterocycles. The Labute approximate surface area is 191 Å². The van der Waals surface area contributed by atoms with E-state index in [0.717, 1.165) is 4.90 Å². The molecule has 10 nitrogen and oxygen atoms in total. The zero-order chi connectivity index (χ0) is 23.4. The molecule has 0 radical (unpaired) electrons. The number of carbonyl (C=O) groups is 2. The molecule has 1 aromatic rings. The standard InChI is InChI=1S/C18H25Cl2N3O7S/c1-18(2,3)30-16(24)22-31(27,28)21-9-12-10-23(17(25)26)6-7-29-15(12)11-4-5-13(19)14(20)8-11/h4-5,8,12,15,21H,6-7,9-10H2,1-3H3,(H,22,24)(H,25,26)/t12-,15+/m1/s1. The Morgan fingerprint density at radius 2 is 1.97 bits per heavy atom. The minimum absolute atomic E-state index is 0.00476. The Morgan fingerprint density at radius 3 is 2.55 bits per heavy atom. The number of amides is 2. The zero-order valence-electron chi connectivity index (χ0n) is 17.2. The summed E-state index contributed by atoms with van der Waals surface area (Å²) < 4.78 is 39.4. The molecule has 1 fully saturated rings. The molecule has 1 aliphatic heterocycles. The van der Waals surface area contributed by atoms with E-state index in [0.29, 0.717) is 10.6 Å². The number of ether oxygens (including phenoxy) is 2. The number of nitrogens with one attached hydrogen (secondary N) is 2. The third-order valence-electron chi connectivity index (χ3n) is 4.24. The van der Waals surface area contributed by atoms with Gasteiger partial charge in [-0.15, -0.1) is 0 Å². The van der Waals surface area contributed by atoms with Crippen LogP contribution in [0.25, 0.3) is 0 Å². The number of hydrogen-bond donors (Lipinski definition) is 3. The summed E-state index contributed by atoms with van der Waals surface area (Å²) >= 11 is 12.1. The van der Waals surface area contributed by atoms with E-state index >= 15 is 0 Å². The molecule has 2 atom stereocenters. The van der Waals surface area contributed by atoms with Crippen LogP contribution in [0, 0.1) is 5.92 Å². The van der Waals surface area contributed by atoms with Gasteiger partial charge in [-0.3, -0.25) is 0 Å². The summed E-state index contributed by atoms with van der Waals surface area (Å²) in [5, 5.41) is 10.0. The van der Waals surface area contributed by atoms with E-state index in [1.165, 1.54) is 0 Å². The summed E-state index contributed by atoms with van der Waals surface area (Å²) in [5.74, 6) is -0.619. The van der Waals surface area contributed by atoms with Gasteiger partial charge in [0.25, 0.3) is 0 Å². The molecule has 0 aromatic heterocycles. The predicted octanol–water partition coefficient (Wildman–Crippen LogP) is 3.02. The monoisotopic (exact) mass is 497 g/mol. The Kier molecular flexibility index (Phi) is 8.40. The maximum Gasteiger partial charge on any atom is 0.422 e. The first kappa shape index (κ1) is 25.5. The first-order chi connectivity index (χ1) is 14.3. The second-order valence-electron chi connectivity index (χ2n) is 7.91. The van der Waals surface area contributed by atoms with E-state index in [-0.39, 0.29) is 31.3 Å². The van der Waals surface area contributed by atoms with Crippen molar-refractivity contribution in [3.63, 3.8) is 0 Å². The molecule has 0 spiro atoms. The van der Waals surface area contributed by atoms with Crippen LogP contribution >= 0.6 is 23.2 Å². The average Bonchev–Trinajstić information content (AvgIpc) is 2.83. The van der Waals surface area contributed by atoms with E-state index < -0.39 is 40.0 Å². The Morgan fingerprint density at radius 1 is 1.29 bits per heavy atom. The molecule has 0 bridgehead atoms. The molecule has 1 aliphatic rings. The van der Waals surface area contributed by atoms with Gasteiger partial charge in [0, 0.05) is 25.6 Å². The number of carbonyl (C=O) groups excluding carboxylic acids is 1. The van der Waals surface area contributed by atoms with Crippen molar-refractivity contribution in [3.8, 4) is 0 Å². The Bertz CT molecular complexity index is 921. The predicted molar refractivity (Wildman–Crippen MR) is 115 cm³/mol. The van der Waals surface area contributed by atoms with Gasteiger partial charge in [0.2, 0.25) is 0 Å². The summed E-state index contributed by atoms with van der Waals surface area (Å²) in [5.41, 5.74) is -0.263. The summed E-state index contributed by atoms with van der Waals surface area (Å²) in [4.78, 5) is 24.4. The molecule has 0 saturated carbocycles. The summed E-state index contributed by atoms with van der Waals surface area (Å²) in [7, 11) is -4.27. The molecule has 174 valence electrons. The molecular weight excluding hydrogens is 473 g/mol. The molecule has 1 aromatic carbocycles. The lowest BCUT2D eigenvalue weighted by molar-refractivity contribution is 0.0321. The van der Waals surface area contributed by atoms with Crippen LogP contribution in [0.3, 0.4) is 0 Å². The van der Waals surface area contributed by atoms with Gasteiger partial charge in [-0.2, -0.15) is 13.1 Å². The van der Waals surface area contributed by atoms with Gasteiger partial charge in [-0.05, 0) is 38.5 Å². The molecule has 31 heavy (non-hydrogen) atoms. The van der Waals surface area contributed by atoms with Crippen molar-refractivity contribution in [2.45, 2.75) is 32.5 Å². The van der Waals surface area contributed by atoms with Crippen LogP contribution in [0.1, 0.15) is 32.4 Å². The van der Waals surface area contributed by atoms with E-state index in [4.69, 9.17) is 32.7 Å². The maximum atomic E-state index is 12.3. The fraction of sp³-hybridized carbons (Fsp3) is 0.556. The van der Waals surface area contributed by atoms with Crippen LogP contribution in [0.4, 0.5) is 9.59 Å². The van der Waals surface area contributed by atoms with E-state index in [2.05, 4.69) is 4.72 Å². The third-order valence-corrected chi connectivity index (χ3v) is 5.96. The van der Waals surface area contributed by atoms with Gasteiger partial charge in [-0.25, -0.2) is 14.3 Å². The van der Waals surface area contributed by atoms with Crippen LogP contribution < -0.4 is 9.44 Å². The topological polar surface area (TPSA) is 134 Å². The van der Waals surface area contributed by atoms with Crippen LogP contribution in [0.2, 0.25) is 10.0 Å². The highest BCUT2D eigenvalue weighted by molar-refractivity contribution is 7.88. The van der Waals surface area contributed by atoms with Gasteiger partial charge in [0.1, 0.15) is 5.60 Å². The normalized spacial score (nSPS) is 20.1. The minimum atomic E-state index is -4.27. The lowest BCUT2D eigenvalue weighted by Gasteiger charge is -2.27. The van der Waals surface area contributed by atoms with E-state index in [1.54, 1.807) is 43.7 Å². The van der Waals surface area contributed by atoms with Gasteiger partial charge < -0.3 is 19.5 Å². The number of carboxylic acid groups (broad SMARTS) is 1. The fourth-order valence-corrected chi connectivity index (χ4v) is 4.03. The minimum Gasteiger partial charge on any atom is -0.465 e. The van der Waals surface area contributed by atoms with Crippen molar-refractivity contribution in [2.24, 2.45) is 5.92 Å². The van der Waals surface area contributed by atoms with Crippen molar-refractivity contribution >= 4 is 45.6 Å². The average molecular weight is 498 g/mol. The van der Waals surface area contributed by atoms with Crippen LogP contribution in [0.5, 0.6) is 0 Å². The lowest BCUT2D eigenvalue weighted by Crippen LogP contribution is -2.46. The van der Waals surface area contributed by atoms with Gasteiger partial charge in [-0.1, -0.05) is 29.3 Å². The van der Waals surface area contributed by atoms with Crippen molar-refractivity contribution < 1.29 is 32.6 Å². The Balaban J connectivity index is 2.19. The smallest absolute Gasteiger partial charge is 0.422 e. The molecule has 0 unspecified atom stereocenters. The first-order valence-electron chi connectivity index (χ1n) is 9.32. The molecule has 3 N–H and O–H groups in total. The number of halogens is 2. The molecular formula is C18H25Cl2N3O7S. The molecule has 2 rings (SSSR count). The largest absolute Gasteiger partial charge is 0.465 e. The van der Waals surface area contributed by atoms with E-state index in [1.807, 2.05) is 0 Å². The number of hydrogen-bond acceptors (Lipinski definition) is 6. The van der Waals surface area contributed by atoms with Gasteiger partial charge >= 0.3 is 22.4 Å². The number of nitrogens with zero attached hydrogens (tertiary/aromatic N) is 1. The van der Waals surface area contributed by atoms with Gasteiger partial charge in [0.05, 0.1) is 22.8 Å². The molecule has 1 heterocycles. The highest BCUT2D eigenvalue weighted by Gasteiger charge is 2.33. The molecule has 2 amide bonds. The van der Waals surface area contributed by atoms with Crippen LogP contribution in [-0.4, -0.2) is 62.5 Å². The van der Waals surface area contributed by atoms with E-state index in [9.17, 15) is 23.1 Å². The summed E-state index contributed by atoms with van der Waals surface area (Å²) in [6.07, 6.45) is -2.95. The van der Waals surface area contributed by atoms with Crippen LogP contribution in [-0.2, 0) is 19.7 Å². The fourth-order valence-electron chi connectivity index (χ4n) is 2.96. The molecule has 0 aliphatic carbocycles. The number of benzene rings is 1. The Hall–Kier alpha value is -1.79.